The van der Waals surface area contributed by atoms with E-state index < -0.39 is 0 Å². The predicted octanol–water partition coefficient (Wildman–Crippen LogP) is 2.06. The van der Waals surface area contributed by atoms with E-state index in [9.17, 15) is 10.1 Å². The van der Waals surface area contributed by atoms with Crippen LogP contribution in [0.25, 0.3) is 0 Å². The fraction of sp³-hybridized carbons (Fsp3) is 0.500. The number of hydrogen-bond acceptors (Lipinski definition) is 4. The predicted molar refractivity (Wildman–Crippen MR) is 97.8 cm³/mol. The molecule has 5 heteroatoms. The molecule has 25 heavy (non-hydrogen) atoms. The molecule has 0 spiro atoms. The zero-order chi connectivity index (χ0) is 17.6. The van der Waals surface area contributed by atoms with E-state index in [-0.39, 0.29) is 17.5 Å². The third-order valence-electron chi connectivity index (χ3n) is 5.11. The maximum Gasteiger partial charge on any atom is 0.266 e. The quantitative estimate of drug-likeness (QED) is 0.651. The average molecular weight is 338 g/mol. The van der Waals surface area contributed by atoms with Crippen molar-refractivity contribution >= 4 is 5.91 Å². The Bertz CT molecular complexity index is 698. The lowest BCUT2D eigenvalue weighted by molar-refractivity contribution is -0.127. The minimum Gasteiger partial charge on any atom is -0.383 e. The summed E-state index contributed by atoms with van der Waals surface area (Å²) in [5, 5.41) is 15.8. The third-order valence-corrected chi connectivity index (χ3v) is 5.11. The Hall–Kier alpha value is -2.32. The molecule has 132 valence electrons. The Morgan fingerprint density at radius 1 is 1.28 bits per heavy atom. The second-order valence-electron chi connectivity index (χ2n) is 6.84. The average Bonchev–Trinajstić information content (AvgIpc) is 2.68. The van der Waals surface area contributed by atoms with Crippen molar-refractivity contribution in [2.75, 3.05) is 26.2 Å². The van der Waals surface area contributed by atoms with Crippen LogP contribution in [0.2, 0.25) is 0 Å². The highest BCUT2D eigenvalue weighted by Crippen LogP contribution is 2.24. The van der Waals surface area contributed by atoms with E-state index >= 15 is 0 Å². The van der Waals surface area contributed by atoms with Gasteiger partial charge in [0.1, 0.15) is 11.6 Å². The maximum atomic E-state index is 12.4. The largest absolute Gasteiger partial charge is 0.383 e. The number of fused-ring (bicyclic) bond motifs is 1. The Balaban J connectivity index is 1.66. The summed E-state index contributed by atoms with van der Waals surface area (Å²) in [6, 6.07) is 8.75. The van der Waals surface area contributed by atoms with Crippen LogP contribution in [-0.2, 0) is 17.6 Å². The zero-order valence-electron chi connectivity index (χ0n) is 14.8. The van der Waals surface area contributed by atoms with Crippen LogP contribution >= 0.6 is 0 Å². The normalized spacial score (nSPS) is 18.9. The fourth-order valence-electron chi connectivity index (χ4n) is 3.51. The van der Waals surface area contributed by atoms with Crippen molar-refractivity contribution in [3.63, 3.8) is 0 Å². The summed E-state index contributed by atoms with van der Waals surface area (Å²) < 4.78 is 0. The van der Waals surface area contributed by atoms with Gasteiger partial charge in [-0.25, -0.2) is 0 Å². The number of amides is 1. The SMILES string of the molecule is CC(N/C=C(/C#N)C(=O)N1CCNCC1)c1ccc2c(c1)CCCC2. The van der Waals surface area contributed by atoms with E-state index in [1.165, 1.54) is 36.0 Å². The summed E-state index contributed by atoms with van der Waals surface area (Å²) in [4.78, 5) is 14.2. The van der Waals surface area contributed by atoms with Gasteiger partial charge in [0.15, 0.2) is 0 Å². The molecule has 1 heterocycles. The molecule has 2 N–H and O–H groups in total. The van der Waals surface area contributed by atoms with Gasteiger partial charge in [0.25, 0.3) is 5.91 Å². The highest BCUT2D eigenvalue weighted by atomic mass is 16.2. The highest BCUT2D eigenvalue weighted by Gasteiger charge is 2.20. The van der Waals surface area contributed by atoms with Gasteiger partial charge in [-0.2, -0.15) is 5.26 Å². The summed E-state index contributed by atoms with van der Waals surface area (Å²) in [6.07, 6.45) is 6.44. The molecule has 1 amide bonds. The van der Waals surface area contributed by atoms with Gasteiger partial charge in [-0.15, -0.1) is 0 Å². The van der Waals surface area contributed by atoms with Crippen molar-refractivity contribution in [2.45, 2.75) is 38.6 Å². The molecule has 1 aromatic rings. The lowest BCUT2D eigenvalue weighted by Gasteiger charge is -2.27. The molecule has 0 radical (unpaired) electrons. The molecule has 0 bridgehead atoms. The van der Waals surface area contributed by atoms with Crippen molar-refractivity contribution in [3.05, 3.63) is 46.7 Å². The van der Waals surface area contributed by atoms with Gasteiger partial charge in [-0.1, -0.05) is 18.2 Å². The molecule has 5 nitrogen and oxygen atoms in total. The first-order valence-corrected chi connectivity index (χ1v) is 9.17. The van der Waals surface area contributed by atoms with Gasteiger partial charge in [-0.3, -0.25) is 4.79 Å². The van der Waals surface area contributed by atoms with Gasteiger partial charge >= 0.3 is 0 Å². The first-order chi connectivity index (χ1) is 12.2. The second-order valence-corrected chi connectivity index (χ2v) is 6.84. The van der Waals surface area contributed by atoms with Crippen LogP contribution in [0.4, 0.5) is 0 Å². The summed E-state index contributed by atoms with van der Waals surface area (Å²) in [5.41, 5.74) is 4.28. The smallest absolute Gasteiger partial charge is 0.266 e. The van der Waals surface area contributed by atoms with Crippen LogP contribution < -0.4 is 10.6 Å². The molecule has 1 aromatic carbocycles. The topological polar surface area (TPSA) is 68.2 Å². The molecule has 0 saturated carbocycles. The summed E-state index contributed by atoms with van der Waals surface area (Å²) in [6.45, 7) is 4.93. The molecular weight excluding hydrogens is 312 g/mol. The van der Waals surface area contributed by atoms with Crippen LogP contribution in [0.3, 0.4) is 0 Å². The van der Waals surface area contributed by atoms with Crippen molar-refractivity contribution in [2.24, 2.45) is 0 Å². The van der Waals surface area contributed by atoms with E-state index in [0.717, 1.165) is 19.5 Å². The van der Waals surface area contributed by atoms with E-state index in [2.05, 4.69) is 35.8 Å². The first kappa shape index (κ1) is 17.5. The van der Waals surface area contributed by atoms with Gasteiger partial charge in [-0.05, 0) is 49.3 Å². The van der Waals surface area contributed by atoms with Crippen LogP contribution in [-0.4, -0.2) is 37.0 Å². The molecule has 2 aliphatic rings. The minimum atomic E-state index is -0.186. The Morgan fingerprint density at radius 3 is 2.72 bits per heavy atom. The van der Waals surface area contributed by atoms with Crippen LogP contribution in [0.1, 0.15) is 42.5 Å². The molecule has 0 aromatic heterocycles. The molecule has 1 aliphatic heterocycles. The monoisotopic (exact) mass is 338 g/mol. The molecule has 1 saturated heterocycles. The highest BCUT2D eigenvalue weighted by molar-refractivity contribution is 5.97. The molecule has 1 atom stereocenters. The number of piperazine rings is 1. The number of nitrogens with zero attached hydrogens (tertiary/aromatic N) is 2. The zero-order valence-corrected chi connectivity index (χ0v) is 14.8. The van der Waals surface area contributed by atoms with Crippen molar-refractivity contribution in [1.82, 2.24) is 15.5 Å². The molecule has 3 rings (SSSR count). The minimum absolute atomic E-state index is 0.0615. The Morgan fingerprint density at radius 2 is 2.00 bits per heavy atom. The number of carbonyl (C=O) groups is 1. The molecule has 1 fully saturated rings. The molecular formula is C20H26N4O. The Kier molecular flexibility index (Phi) is 5.72. The lowest BCUT2D eigenvalue weighted by Crippen LogP contribution is -2.46. The number of benzene rings is 1. The molecule has 1 unspecified atom stereocenters. The number of nitriles is 1. The van der Waals surface area contributed by atoms with E-state index in [1.54, 1.807) is 11.1 Å². The lowest BCUT2D eigenvalue weighted by atomic mass is 9.89. The van der Waals surface area contributed by atoms with E-state index in [0.29, 0.717) is 13.1 Å². The molecule has 1 aliphatic carbocycles. The number of aryl methyl sites for hydroxylation is 2. The fourth-order valence-corrected chi connectivity index (χ4v) is 3.51. The van der Waals surface area contributed by atoms with Gasteiger partial charge in [0, 0.05) is 38.4 Å². The van der Waals surface area contributed by atoms with Gasteiger partial charge in [0.05, 0.1) is 0 Å². The van der Waals surface area contributed by atoms with E-state index in [1.807, 2.05) is 6.07 Å². The Labute approximate surface area is 149 Å². The standard InChI is InChI=1S/C20H26N4O/c1-15(17-7-6-16-4-2-3-5-18(16)12-17)23-14-19(13-21)20(25)24-10-8-22-9-11-24/h6-7,12,14-15,22-23H,2-5,8-11H2,1H3/b19-14-. The first-order valence-electron chi connectivity index (χ1n) is 9.17. The summed E-state index contributed by atoms with van der Waals surface area (Å²) in [5.74, 6) is -0.186. The summed E-state index contributed by atoms with van der Waals surface area (Å²) >= 11 is 0. The van der Waals surface area contributed by atoms with Crippen molar-refractivity contribution in [3.8, 4) is 6.07 Å². The third kappa shape index (κ3) is 4.21. The second kappa shape index (κ2) is 8.17. The van der Waals surface area contributed by atoms with Gasteiger partial charge in [0.2, 0.25) is 0 Å². The number of rotatable bonds is 4. The number of hydrogen-bond donors (Lipinski definition) is 2. The van der Waals surface area contributed by atoms with Crippen molar-refractivity contribution < 1.29 is 4.79 Å². The van der Waals surface area contributed by atoms with Crippen LogP contribution in [0, 0.1) is 11.3 Å². The number of carbonyl (C=O) groups excluding carboxylic acids is 1. The van der Waals surface area contributed by atoms with Gasteiger partial charge < -0.3 is 15.5 Å². The van der Waals surface area contributed by atoms with Crippen molar-refractivity contribution in [1.29, 1.82) is 5.26 Å². The number of nitrogens with one attached hydrogen (secondary N) is 2. The van der Waals surface area contributed by atoms with Crippen LogP contribution in [0.5, 0.6) is 0 Å². The van der Waals surface area contributed by atoms with Crippen LogP contribution in [0.15, 0.2) is 30.0 Å². The van der Waals surface area contributed by atoms with E-state index in [4.69, 9.17) is 0 Å². The summed E-state index contributed by atoms with van der Waals surface area (Å²) in [7, 11) is 0. The maximum absolute atomic E-state index is 12.4.